The molecule has 0 atom stereocenters. The number of carbonyl (C=O) groups excluding carboxylic acids is 1. The summed E-state index contributed by atoms with van der Waals surface area (Å²) < 4.78 is 0. The summed E-state index contributed by atoms with van der Waals surface area (Å²) in [5.41, 5.74) is 4.38. The summed E-state index contributed by atoms with van der Waals surface area (Å²) >= 11 is 0. The molecule has 1 N–H and O–H groups in total. The molecule has 4 heteroatoms. The van der Waals surface area contributed by atoms with Crippen LogP contribution >= 0.6 is 0 Å². The summed E-state index contributed by atoms with van der Waals surface area (Å²) in [6.45, 7) is 3.05. The van der Waals surface area contributed by atoms with Crippen molar-refractivity contribution < 1.29 is 4.79 Å². The normalized spacial score (nSPS) is 14.4. The number of hydrogen-bond donors (Lipinski definition) is 1. The minimum atomic E-state index is 0.126. The zero-order valence-electron chi connectivity index (χ0n) is 10.3. The van der Waals surface area contributed by atoms with Gasteiger partial charge >= 0.3 is 0 Å². The first-order valence-electron chi connectivity index (χ1n) is 6.13. The van der Waals surface area contributed by atoms with Gasteiger partial charge in [-0.2, -0.15) is 5.10 Å². The number of fused-ring (bicyclic) bond motifs is 1. The summed E-state index contributed by atoms with van der Waals surface area (Å²) in [5, 5.41) is 7.50. The average molecular weight is 241 g/mol. The van der Waals surface area contributed by atoms with Gasteiger partial charge in [0.25, 0.3) is 0 Å². The fourth-order valence-corrected chi connectivity index (χ4v) is 2.40. The highest BCUT2D eigenvalue weighted by atomic mass is 16.2. The predicted molar refractivity (Wildman–Crippen MR) is 68.8 cm³/mol. The molecule has 1 amide bonds. The van der Waals surface area contributed by atoms with Crippen LogP contribution in [0, 0.1) is 0 Å². The number of aromatic amines is 1. The Morgan fingerprint density at radius 3 is 2.83 bits per heavy atom. The highest BCUT2D eigenvalue weighted by Crippen LogP contribution is 2.27. The monoisotopic (exact) mass is 241 g/mol. The quantitative estimate of drug-likeness (QED) is 0.830. The first-order valence-corrected chi connectivity index (χ1v) is 6.13. The molecule has 4 nitrogen and oxygen atoms in total. The smallest absolute Gasteiger partial charge is 0.219 e. The maximum atomic E-state index is 11.5. The molecule has 0 fully saturated rings. The van der Waals surface area contributed by atoms with Gasteiger partial charge in [0.05, 0.1) is 5.69 Å². The molecule has 0 spiro atoms. The SMILES string of the molecule is CC(=O)N1CCc2[nH]nc(-c3ccccc3)c2C1. The number of aromatic nitrogens is 2. The Morgan fingerprint density at radius 1 is 1.33 bits per heavy atom. The predicted octanol–water partition coefficient (Wildman–Crippen LogP) is 1.98. The van der Waals surface area contributed by atoms with Gasteiger partial charge in [0.2, 0.25) is 5.91 Å². The van der Waals surface area contributed by atoms with E-state index >= 15 is 0 Å². The first kappa shape index (κ1) is 11.0. The third-order valence-corrected chi connectivity index (χ3v) is 3.43. The standard InChI is InChI=1S/C14H15N3O/c1-10(18)17-8-7-13-12(9-17)14(16-15-13)11-5-3-2-4-6-11/h2-6H,7-9H2,1H3,(H,15,16). The van der Waals surface area contributed by atoms with E-state index in [1.807, 2.05) is 35.2 Å². The van der Waals surface area contributed by atoms with E-state index in [2.05, 4.69) is 10.2 Å². The largest absolute Gasteiger partial charge is 0.338 e. The molecule has 0 radical (unpaired) electrons. The van der Waals surface area contributed by atoms with Crippen molar-refractivity contribution in [2.45, 2.75) is 19.9 Å². The lowest BCUT2D eigenvalue weighted by atomic mass is 10.0. The topological polar surface area (TPSA) is 49.0 Å². The van der Waals surface area contributed by atoms with E-state index in [4.69, 9.17) is 0 Å². The molecular weight excluding hydrogens is 226 g/mol. The lowest BCUT2D eigenvalue weighted by Crippen LogP contribution is -2.34. The Morgan fingerprint density at radius 2 is 2.11 bits per heavy atom. The Kier molecular flexibility index (Phi) is 2.63. The second kappa shape index (κ2) is 4.29. The number of nitrogens with zero attached hydrogens (tertiary/aromatic N) is 2. The minimum absolute atomic E-state index is 0.126. The van der Waals surface area contributed by atoms with Crippen LogP contribution in [0.1, 0.15) is 18.2 Å². The van der Waals surface area contributed by atoms with Crippen molar-refractivity contribution in [3.8, 4) is 11.3 Å². The van der Waals surface area contributed by atoms with Gasteiger partial charge in [-0.3, -0.25) is 9.89 Å². The molecule has 0 aliphatic carbocycles. The molecule has 2 heterocycles. The molecule has 1 aliphatic heterocycles. The molecule has 1 aromatic heterocycles. The molecular formula is C14H15N3O. The maximum Gasteiger partial charge on any atom is 0.219 e. The van der Waals surface area contributed by atoms with E-state index in [0.717, 1.165) is 35.5 Å². The van der Waals surface area contributed by atoms with E-state index in [9.17, 15) is 4.79 Å². The second-order valence-corrected chi connectivity index (χ2v) is 4.59. The maximum absolute atomic E-state index is 11.5. The van der Waals surface area contributed by atoms with Crippen molar-refractivity contribution >= 4 is 5.91 Å². The van der Waals surface area contributed by atoms with Crippen molar-refractivity contribution in [1.29, 1.82) is 0 Å². The van der Waals surface area contributed by atoms with E-state index in [1.54, 1.807) is 6.92 Å². The van der Waals surface area contributed by atoms with Gasteiger partial charge in [-0.25, -0.2) is 0 Å². The molecule has 0 unspecified atom stereocenters. The van der Waals surface area contributed by atoms with Crippen LogP contribution in [0.3, 0.4) is 0 Å². The molecule has 1 aromatic carbocycles. The number of nitrogens with one attached hydrogen (secondary N) is 1. The average Bonchev–Trinajstić information content (AvgIpc) is 2.82. The van der Waals surface area contributed by atoms with Crippen molar-refractivity contribution in [2.24, 2.45) is 0 Å². The highest BCUT2D eigenvalue weighted by molar-refractivity contribution is 5.74. The third kappa shape index (κ3) is 1.79. The Balaban J connectivity index is 2.00. The van der Waals surface area contributed by atoms with Gasteiger partial charge < -0.3 is 4.90 Å². The number of hydrogen-bond acceptors (Lipinski definition) is 2. The number of amides is 1. The van der Waals surface area contributed by atoms with Gasteiger partial charge in [-0.1, -0.05) is 30.3 Å². The van der Waals surface area contributed by atoms with Gasteiger partial charge in [0.15, 0.2) is 0 Å². The number of H-pyrrole nitrogens is 1. The fourth-order valence-electron chi connectivity index (χ4n) is 2.40. The first-order chi connectivity index (χ1) is 8.75. The van der Waals surface area contributed by atoms with E-state index in [-0.39, 0.29) is 5.91 Å². The number of rotatable bonds is 1. The van der Waals surface area contributed by atoms with E-state index in [0.29, 0.717) is 6.54 Å². The third-order valence-electron chi connectivity index (χ3n) is 3.43. The van der Waals surface area contributed by atoms with Gasteiger partial charge in [0.1, 0.15) is 0 Å². The molecule has 0 saturated carbocycles. The van der Waals surface area contributed by atoms with Gasteiger partial charge in [0, 0.05) is 43.3 Å². The number of carbonyl (C=O) groups is 1. The highest BCUT2D eigenvalue weighted by Gasteiger charge is 2.23. The summed E-state index contributed by atoms with van der Waals surface area (Å²) in [6, 6.07) is 10.1. The molecule has 3 rings (SSSR count). The van der Waals surface area contributed by atoms with Crippen LogP contribution in [0.4, 0.5) is 0 Å². The van der Waals surface area contributed by atoms with Crippen LogP contribution in [-0.4, -0.2) is 27.5 Å². The Labute approximate surface area is 106 Å². The molecule has 1 aliphatic rings. The summed E-state index contributed by atoms with van der Waals surface area (Å²) in [6.07, 6.45) is 0.856. The van der Waals surface area contributed by atoms with Crippen molar-refractivity contribution in [3.05, 3.63) is 41.6 Å². The van der Waals surface area contributed by atoms with E-state index in [1.165, 1.54) is 0 Å². The molecule has 92 valence electrons. The van der Waals surface area contributed by atoms with Gasteiger partial charge in [-0.15, -0.1) is 0 Å². The van der Waals surface area contributed by atoms with Crippen LogP contribution in [0.2, 0.25) is 0 Å². The Hall–Kier alpha value is -2.10. The molecule has 0 saturated heterocycles. The van der Waals surface area contributed by atoms with Crippen molar-refractivity contribution in [3.63, 3.8) is 0 Å². The van der Waals surface area contributed by atoms with Crippen molar-refractivity contribution in [2.75, 3.05) is 6.54 Å². The Bertz CT molecular complexity index is 574. The van der Waals surface area contributed by atoms with Crippen LogP contribution < -0.4 is 0 Å². The molecule has 0 bridgehead atoms. The zero-order chi connectivity index (χ0) is 12.5. The second-order valence-electron chi connectivity index (χ2n) is 4.59. The van der Waals surface area contributed by atoms with Crippen LogP contribution in [0.25, 0.3) is 11.3 Å². The zero-order valence-corrected chi connectivity index (χ0v) is 10.3. The van der Waals surface area contributed by atoms with Crippen molar-refractivity contribution in [1.82, 2.24) is 15.1 Å². The summed E-state index contributed by atoms with van der Waals surface area (Å²) in [7, 11) is 0. The van der Waals surface area contributed by atoms with Crippen LogP contribution in [0.5, 0.6) is 0 Å². The minimum Gasteiger partial charge on any atom is -0.338 e. The van der Waals surface area contributed by atoms with Crippen LogP contribution in [-0.2, 0) is 17.8 Å². The van der Waals surface area contributed by atoms with Crippen LogP contribution in [0.15, 0.2) is 30.3 Å². The number of benzene rings is 1. The molecule has 18 heavy (non-hydrogen) atoms. The van der Waals surface area contributed by atoms with E-state index < -0.39 is 0 Å². The summed E-state index contributed by atoms with van der Waals surface area (Å²) in [4.78, 5) is 13.3. The summed E-state index contributed by atoms with van der Waals surface area (Å²) in [5.74, 6) is 0.126. The lowest BCUT2D eigenvalue weighted by Gasteiger charge is -2.25. The van der Waals surface area contributed by atoms with Gasteiger partial charge in [-0.05, 0) is 0 Å². The molecule has 2 aromatic rings. The fraction of sp³-hybridized carbons (Fsp3) is 0.286. The lowest BCUT2D eigenvalue weighted by molar-refractivity contribution is -0.129.